The van der Waals surface area contributed by atoms with Crippen LogP contribution in [0.4, 0.5) is 0 Å². The molecule has 4 nitrogen and oxygen atoms in total. The number of benzene rings is 2. The number of aryl methyl sites for hydroxylation is 3. The quantitative estimate of drug-likeness (QED) is 0.815. The van der Waals surface area contributed by atoms with E-state index in [-0.39, 0.29) is 12.3 Å². The Morgan fingerprint density at radius 1 is 1.08 bits per heavy atom. The van der Waals surface area contributed by atoms with Crippen molar-refractivity contribution in [1.82, 2.24) is 5.32 Å². The van der Waals surface area contributed by atoms with Crippen LogP contribution in [0.3, 0.4) is 0 Å². The number of rotatable bonds is 5. The highest BCUT2D eigenvalue weighted by Crippen LogP contribution is 2.16. The molecule has 124 valence electrons. The number of carbonyl (C=O) groups is 2. The van der Waals surface area contributed by atoms with Crippen LogP contribution in [0.25, 0.3) is 0 Å². The van der Waals surface area contributed by atoms with Crippen molar-refractivity contribution in [2.24, 2.45) is 0 Å². The van der Waals surface area contributed by atoms with E-state index < -0.39 is 12.0 Å². The Bertz CT molecular complexity index is 746. The molecule has 5 heteroatoms. The summed E-state index contributed by atoms with van der Waals surface area (Å²) in [4.78, 5) is 24.1. The number of nitrogens with one attached hydrogen (secondary N) is 1. The van der Waals surface area contributed by atoms with Gasteiger partial charge in [-0.2, -0.15) is 0 Å². The van der Waals surface area contributed by atoms with Crippen LogP contribution in [-0.2, 0) is 11.2 Å². The second-order valence-electron chi connectivity index (χ2n) is 6.33. The van der Waals surface area contributed by atoms with E-state index in [0.29, 0.717) is 5.56 Å². The molecular weight excluding hydrogens is 301 g/mol. The first-order chi connectivity index (χ1) is 11.3. The molecule has 0 aromatic heterocycles. The third kappa shape index (κ3) is 4.25. The number of aliphatic carboxylic acids is 1. The van der Waals surface area contributed by atoms with Crippen LogP contribution in [0, 0.1) is 20.8 Å². The van der Waals surface area contributed by atoms with Crippen molar-refractivity contribution in [3.05, 3.63) is 64.2 Å². The molecule has 0 aliphatic rings. The normalized spacial score (nSPS) is 11.8. The van der Waals surface area contributed by atoms with E-state index in [1.165, 1.54) is 0 Å². The molecule has 0 aliphatic heterocycles. The molecule has 0 spiro atoms. The first kappa shape index (κ1) is 17.8. The average Bonchev–Trinajstić information content (AvgIpc) is 2.47. The summed E-state index contributed by atoms with van der Waals surface area (Å²) < 4.78 is 0. The molecule has 2 aromatic carbocycles. The highest BCUT2D eigenvalue weighted by atomic mass is 16.4. The summed E-state index contributed by atoms with van der Waals surface area (Å²) in [5, 5.41) is 12.1. The van der Waals surface area contributed by atoms with Crippen molar-refractivity contribution < 1.29 is 14.7 Å². The molecule has 1 amide bonds. The van der Waals surface area contributed by atoms with Gasteiger partial charge in [0.1, 0.15) is 13.9 Å². The van der Waals surface area contributed by atoms with E-state index >= 15 is 0 Å². The van der Waals surface area contributed by atoms with Crippen LogP contribution < -0.4 is 10.8 Å². The lowest BCUT2D eigenvalue weighted by atomic mass is 9.94. The second kappa shape index (κ2) is 7.34. The summed E-state index contributed by atoms with van der Waals surface area (Å²) in [5.74, 6) is -1.38. The summed E-state index contributed by atoms with van der Waals surface area (Å²) in [5.41, 5.74) is 5.33. The van der Waals surface area contributed by atoms with Gasteiger partial charge < -0.3 is 10.4 Å². The minimum Gasteiger partial charge on any atom is -0.480 e. The Morgan fingerprint density at radius 2 is 1.62 bits per heavy atom. The van der Waals surface area contributed by atoms with E-state index in [2.05, 4.69) is 5.32 Å². The molecular formula is C19H22BNO3. The van der Waals surface area contributed by atoms with E-state index in [4.69, 9.17) is 0 Å². The van der Waals surface area contributed by atoms with Gasteiger partial charge >= 0.3 is 5.97 Å². The molecule has 0 saturated heterocycles. The lowest BCUT2D eigenvalue weighted by molar-refractivity contribution is -0.139. The Hall–Kier alpha value is -2.56. The monoisotopic (exact) mass is 323 g/mol. The van der Waals surface area contributed by atoms with Gasteiger partial charge in [0, 0.05) is 12.0 Å². The molecule has 0 aliphatic carbocycles. The average molecular weight is 323 g/mol. The maximum atomic E-state index is 12.6. The molecule has 0 heterocycles. The van der Waals surface area contributed by atoms with Crippen molar-refractivity contribution in [3.63, 3.8) is 0 Å². The Balaban J connectivity index is 2.20. The van der Waals surface area contributed by atoms with E-state index in [1.54, 1.807) is 0 Å². The lowest BCUT2D eigenvalue weighted by Crippen LogP contribution is -2.42. The topological polar surface area (TPSA) is 66.4 Å². The molecule has 24 heavy (non-hydrogen) atoms. The first-order valence-electron chi connectivity index (χ1n) is 7.95. The maximum absolute atomic E-state index is 12.6. The second-order valence-corrected chi connectivity index (χ2v) is 6.33. The molecule has 1 unspecified atom stereocenters. The summed E-state index contributed by atoms with van der Waals surface area (Å²) in [6, 6.07) is 10.5. The molecule has 0 bridgehead atoms. The number of carbonyl (C=O) groups excluding carboxylic acids is 1. The van der Waals surface area contributed by atoms with Crippen molar-refractivity contribution in [2.45, 2.75) is 33.2 Å². The summed E-state index contributed by atoms with van der Waals surface area (Å²) in [7, 11) is 1.98. The first-order valence-corrected chi connectivity index (χ1v) is 7.95. The zero-order valence-electron chi connectivity index (χ0n) is 14.5. The van der Waals surface area contributed by atoms with Crippen LogP contribution in [0.15, 0.2) is 36.4 Å². The lowest BCUT2D eigenvalue weighted by Gasteiger charge is -2.17. The number of hydrogen-bond acceptors (Lipinski definition) is 2. The van der Waals surface area contributed by atoms with Gasteiger partial charge in [-0.1, -0.05) is 47.4 Å². The van der Waals surface area contributed by atoms with Gasteiger partial charge in [0.2, 0.25) is 0 Å². The predicted molar refractivity (Wildman–Crippen MR) is 97.9 cm³/mol. The smallest absolute Gasteiger partial charge is 0.326 e. The highest BCUT2D eigenvalue weighted by Gasteiger charge is 2.23. The van der Waals surface area contributed by atoms with Crippen LogP contribution in [0.2, 0.25) is 0 Å². The van der Waals surface area contributed by atoms with Gasteiger partial charge in [-0.25, -0.2) is 4.79 Å². The van der Waals surface area contributed by atoms with Crippen LogP contribution in [-0.4, -0.2) is 30.9 Å². The Morgan fingerprint density at radius 3 is 2.12 bits per heavy atom. The minimum absolute atomic E-state index is 0.255. The Kier molecular flexibility index (Phi) is 5.44. The third-order valence-electron chi connectivity index (χ3n) is 4.07. The molecule has 0 fully saturated rings. The van der Waals surface area contributed by atoms with Crippen LogP contribution in [0.1, 0.15) is 32.6 Å². The number of carboxylic acid groups (broad SMARTS) is 1. The van der Waals surface area contributed by atoms with Crippen LogP contribution in [0.5, 0.6) is 0 Å². The van der Waals surface area contributed by atoms with E-state index in [0.717, 1.165) is 27.7 Å². The molecule has 2 rings (SSSR count). The van der Waals surface area contributed by atoms with Crippen molar-refractivity contribution in [3.8, 4) is 0 Å². The summed E-state index contributed by atoms with van der Waals surface area (Å²) in [6.07, 6.45) is 0.255. The third-order valence-corrected chi connectivity index (χ3v) is 4.07. The van der Waals surface area contributed by atoms with Crippen LogP contribution >= 0.6 is 0 Å². The van der Waals surface area contributed by atoms with Gasteiger partial charge in [-0.05, 0) is 37.5 Å². The maximum Gasteiger partial charge on any atom is 0.326 e. The highest BCUT2D eigenvalue weighted by molar-refractivity contribution is 6.32. The van der Waals surface area contributed by atoms with Gasteiger partial charge in [0.15, 0.2) is 0 Å². The molecule has 0 saturated carbocycles. The van der Waals surface area contributed by atoms with E-state index in [9.17, 15) is 14.7 Å². The largest absolute Gasteiger partial charge is 0.480 e. The zero-order valence-corrected chi connectivity index (χ0v) is 14.5. The fraction of sp³-hybridized carbons (Fsp3) is 0.263. The minimum atomic E-state index is -1.04. The predicted octanol–water partition coefficient (Wildman–Crippen LogP) is 1.30. The van der Waals surface area contributed by atoms with Gasteiger partial charge in [-0.15, -0.1) is 0 Å². The SMILES string of the molecule is Bc1ccc(CC(NC(=O)c2c(C)cc(C)cc2C)C(=O)O)cc1. The van der Waals surface area contributed by atoms with Gasteiger partial charge in [-0.3, -0.25) is 4.79 Å². The van der Waals surface area contributed by atoms with Crippen molar-refractivity contribution >= 4 is 25.2 Å². The fourth-order valence-corrected chi connectivity index (χ4v) is 2.93. The molecule has 2 N–H and O–H groups in total. The molecule has 0 radical (unpaired) electrons. The summed E-state index contributed by atoms with van der Waals surface area (Å²) >= 11 is 0. The standard InChI is InChI=1S/C19H22BNO3/c1-11-8-12(2)17(13(3)9-11)18(22)21-16(19(23)24)10-14-4-6-15(20)7-5-14/h4-9,16H,10,20H2,1-3H3,(H,21,22)(H,23,24). The number of carboxylic acids is 1. The fourth-order valence-electron chi connectivity index (χ4n) is 2.93. The number of amides is 1. The van der Waals surface area contributed by atoms with Crippen molar-refractivity contribution in [1.29, 1.82) is 0 Å². The summed E-state index contributed by atoms with van der Waals surface area (Å²) in [6.45, 7) is 5.70. The van der Waals surface area contributed by atoms with Gasteiger partial charge in [0.05, 0.1) is 0 Å². The molecule has 2 aromatic rings. The van der Waals surface area contributed by atoms with Crippen molar-refractivity contribution in [2.75, 3.05) is 0 Å². The Labute approximate surface area is 143 Å². The van der Waals surface area contributed by atoms with Gasteiger partial charge in [0.25, 0.3) is 5.91 Å². The molecule has 1 atom stereocenters. The van der Waals surface area contributed by atoms with E-state index in [1.807, 2.05) is 65.0 Å². The zero-order chi connectivity index (χ0) is 17.9. The number of hydrogen-bond donors (Lipinski definition) is 2.